The molecule has 10 nitrogen and oxygen atoms in total. The van der Waals surface area contributed by atoms with Crippen molar-refractivity contribution in [2.75, 3.05) is 53.3 Å². The number of aliphatic carboxylic acids is 1. The summed E-state index contributed by atoms with van der Waals surface area (Å²) >= 11 is 0. The summed E-state index contributed by atoms with van der Waals surface area (Å²) in [7, 11) is 1.56. The molecule has 218 valence electrons. The third-order valence-electron chi connectivity index (χ3n) is 8.26. The van der Waals surface area contributed by atoms with Gasteiger partial charge in [0.2, 0.25) is 18.4 Å². The molecule has 3 heterocycles. The molecule has 39 heavy (non-hydrogen) atoms. The first-order valence-electron chi connectivity index (χ1n) is 14.4. The summed E-state index contributed by atoms with van der Waals surface area (Å²) < 4.78 is 22.7. The fourth-order valence-corrected chi connectivity index (χ4v) is 6.19. The van der Waals surface area contributed by atoms with Crippen LogP contribution in [0.2, 0.25) is 0 Å². The van der Waals surface area contributed by atoms with Crippen LogP contribution in [-0.2, 0) is 14.3 Å². The second-order valence-corrected chi connectivity index (χ2v) is 10.8. The predicted molar refractivity (Wildman–Crippen MR) is 144 cm³/mol. The normalized spacial score (nSPS) is 24.6. The first-order chi connectivity index (χ1) is 19.0. The Hall–Kier alpha value is -2.56. The largest absolute Gasteiger partial charge is 0.493 e. The third-order valence-corrected chi connectivity index (χ3v) is 8.26. The monoisotopic (exact) mass is 548 g/mol. The Bertz CT molecular complexity index is 959. The van der Waals surface area contributed by atoms with Gasteiger partial charge in [0, 0.05) is 44.8 Å². The van der Waals surface area contributed by atoms with Crippen molar-refractivity contribution in [3.8, 4) is 17.2 Å². The molecule has 3 aliphatic rings. The number of carbonyl (C=O) groups excluding carboxylic acids is 1. The lowest BCUT2D eigenvalue weighted by molar-refractivity contribution is -0.144. The minimum Gasteiger partial charge on any atom is -0.493 e. The number of rotatable bonds is 14. The van der Waals surface area contributed by atoms with Gasteiger partial charge in [0.25, 0.3) is 0 Å². The van der Waals surface area contributed by atoms with Gasteiger partial charge in [-0.25, -0.2) is 0 Å². The molecule has 10 heteroatoms. The Balaban J connectivity index is 1.60. The Morgan fingerprint density at radius 2 is 1.97 bits per heavy atom. The molecule has 2 fully saturated rings. The summed E-state index contributed by atoms with van der Waals surface area (Å²) in [5.74, 6) is -0.358. The number of hydrogen-bond acceptors (Lipinski definition) is 8. The Morgan fingerprint density at radius 1 is 1.15 bits per heavy atom. The molecule has 0 bridgehead atoms. The summed E-state index contributed by atoms with van der Waals surface area (Å²) in [6, 6.07) is 3.38. The number of nitrogens with zero attached hydrogens (tertiary/aromatic N) is 2. The second-order valence-electron chi connectivity index (χ2n) is 10.8. The van der Waals surface area contributed by atoms with Crippen LogP contribution < -0.4 is 14.2 Å². The fraction of sp³-hybridized carbons (Fsp3) is 0.724. The zero-order valence-corrected chi connectivity index (χ0v) is 23.3. The van der Waals surface area contributed by atoms with Crippen LogP contribution >= 0.6 is 0 Å². The molecule has 0 aromatic heterocycles. The summed E-state index contributed by atoms with van der Waals surface area (Å²) in [5, 5.41) is 19.9. The molecular weight excluding hydrogens is 504 g/mol. The van der Waals surface area contributed by atoms with Crippen molar-refractivity contribution < 1.29 is 38.7 Å². The van der Waals surface area contributed by atoms with Crippen molar-refractivity contribution in [3.63, 3.8) is 0 Å². The standard InChI is InChI=1S/C29H44N2O8/c1-3-4-11-30(12-7-13-32)26(33)18-31-17-22(20-15-24(36-2)28-25(16-20)38-19-39-28)27(29(34)35)23(31)10-9-21-8-5-6-14-37-21/h15-16,21-23,27,32H,3-14,17-19H2,1-2H3,(H,34,35)/t21?,22-,23+,27?/m1/s1. The average molecular weight is 549 g/mol. The number of ether oxygens (including phenoxy) is 4. The van der Waals surface area contributed by atoms with Gasteiger partial charge in [-0.1, -0.05) is 13.3 Å². The number of fused-ring (bicyclic) bond motifs is 1. The Labute approximate surface area is 231 Å². The van der Waals surface area contributed by atoms with Crippen molar-refractivity contribution in [2.45, 2.75) is 76.4 Å². The number of aliphatic hydroxyl groups is 1. The molecule has 1 aromatic carbocycles. The SMILES string of the molecule is CCCCN(CCCO)C(=O)CN1C[C@H](c2cc(OC)c3c(c2)OCO3)C(C(=O)O)[C@@H]1CCC1CCCCO1. The molecule has 2 N–H and O–H groups in total. The zero-order chi connectivity index (χ0) is 27.8. The van der Waals surface area contributed by atoms with E-state index in [9.17, 15) is 19.8 Å². The van der Waals surface area contributed by atoms with Crippen LogP contribution in [0.15, 0.2) is 12.1 Å². The van der Waals surface area contributed by atoms with E-state index in [0.29, 0.717) is 49.7 Å². The van der Waals surface area contributed by atoms with E-state index < -0.39 is 11.9 Å². The van der Waals surface area contributed by atoms with Crippen molar-refractivity contribution in [2.24, 2.45) is 5.92 Å². The molecular formula is C29H44N2O8. The van der Waals surface area contributed by atoms with Gasteiger partial charge in [0.05, 0.1) is 25.7 Å². The van der Waals surface area contributed by atoms with Gasteiger partial charge < -0.3 is 34.1 Å². The zero-order valence-electron chi connectivity index (χ0n) is 23.3. The Morgan fingerprint density at radius 3 is 2.67 bits per heavy atom. The number of benzene rings is 1. The highest BCUT2D eigenvalue weighted by Gasteiger charge is 2.47. The van der Waals surface area contributed by atoms with Crippen LogP contribution in [0.5, 0.6) is 17.2 Å². The van der Waals surface area contributed by atoms with Crippen LogP contribution in [0, 0.1) is 5.92 Å². The quantitative estimate of drug-likeness (QED) is 0.361. The maximum atomic E-state index is 13.5. The minimum absolute atomic E-state index is 0.0242. The molecule has 4 atom stereocenters. The Kier molecular flexibility index (Phi) is 10.7. The molecule has 0 aliphatic carbocycles. The van der Waals surface area contributed by atoms with Crippen LogP contribution in [0.25, 0.3) is 0 Å². The maximum Gasteiger partial charge on any atom is 0.308 e. The van der Waals surface area contributed by atoms with Gasteiger partial charge in [0.15, 0.2) is 11.5 Å². The number of carboxylic acids is 1. The predicted octanol–water partition coefficient (Wildman–Crippen LogP) is 3.25. The molecule has 0 radical (unpaired) electrons. The highest BCUT2D eigenvalue weighted by Crippen LogP contribution is 2.47. The van der Waals surface area contributed by atoms with Crippen LogP contribution in [0.1, 0.15) is 69.8 Å². The van der Waals surface area contributed by atoms with E-state index in [-0.39, 0.29) is 43.9 Å². The topological polar surface area (TPSA) is 118 Å². The van der Waals surface area contributed by atoms with Gasteiger partial charge in [-0.05, 0) is 62.6 Å². The molecule has 4 rings (SSSR count). The minimum atomic E-state index is -0.871. The van der Waals surface area contributed by atoms with Gasteiger partial charge in [-0.2, -0.15) is 0 Å². The first-order valence-corrected chi connectivity index (χ1v) is 14.4. The summed E-state index contributed by atoms with van der Waals surface area (Å²) in [6.07, 6.45) is 7.07. The van der Waals surface area contributed by atoms with Crippen LogP contribution in [0.3, 0.4) is 0 Å². The van der Waals surface area contributed by atoms with Crippen LogP contribution in [0.4, 0.5) is 0 Å². The van der Waals surface area contributed by atoms with E-state index in [1.54, 1.807) is 7.11 Å². The lowest BCUT2D eigenvalue weighted by atomic mass is 9.83. The van der Waals surface area contributed by atoms with Crippen LogP contribution in [-0.4, -0.2) is 97.3 Å². The molecule has 3 aliphatic heterocycles. The number of hydrogen-bond donors (Lipinski definition) is 2. The molecule has 1 aromatic rings. The third kappa shape index (κ3) is 7.15. The highest BCUT2D eigenvalue weighted by atomic mass is 16.7. The van der Waals surface area contributed by atoms with Crippen molar-refractivity contribution in [3.05, 3.63) is 17.7 Å². The summed E-state index contributed by atoms with van der Waals surface area (Å²) in [4.78, 5) is 30.2. The van der Waals surface area contributed by atoms with E-state index in [1.165, 1.54) is 0 Å². The first kappa shape index (κ1) is 29.4. The average Bonchev–Trinajstić information content (AvgIpc) is 3.56. The smallest absolute Gasteiger partial charge is 0.308 e. The van der Waals surface area contributed by atoms with Gasteiger partial charge in [-0.15, -0.1) is 0 Å². The van der Waals surface area contributed by atoms with E-state index in [2.05, 4.69) is 11.8 Å². The molecule has 2 unspecified atom stereocenters. The number of unbranched alkanes of at least 4 members (excludes halogenated alkanes) is 1. The van der Waals surface area contributed by atoms with Gasteiger partial charge in [-0.3, -0.25) is 14.5 Å². The number of carbonyl (C=O) groups is 2. The lowest BCUT2D eigenvalue weighted by Crippen LogP contribution is -2.45. The van der Waals surface area contributed by atoms with Gasteiger partial charge in [0.1, 0.15) is 0 Å². The molecule has 0 saturated carbocycles. The van der Waals surface area contributed by atoms with Crippen molar-refractivity contribution in [1.29, 1.82) is 0 Å². The van der Waals surface area contributed by atoms with E-state index >= 15 is 0 Å². The second kappa shape index (κ2) is 14.2. The number of carboxylic acid groups (broad SMARTS) is 1. The lowest BCUT2D eigenvalue weighted by Gasteiger charge is -2.31. The summed E-state index contributed by atoms with van der Waals surface area (Å²) in [6.45, 7) is 4.66. The number of methoxy groups -OCH3 is 1. The number of likely N-dealkylation sites (tertiary alicyclic amines) is 1. The number of aliphatic hydroxyl groups excluding tert-OH is 1. The van der Waals surface area contributed by atoms with Crippen molar-refractivity contribution in [1.82, 2.24) is 9.80 Å². The molecule has 0 spiro atoms. The number of amides is 1. The molecule has 1 amide bonds. The van der Waals surface area contributed by atoms with E-state index in [4.69, 9.17) is 18.9 Å². The van der Waals surface area contributed by atoms with Gasteiger partial charge >= 0.3 is 5.97 Å². The van der Waals surface area contributed by atoms with E-state index in [1.807, 2.05) is 17.0 Å². The fourth-order valence-electron chi connectivity index (χ4n) is 6.19. The van der Waals surface area contributed by atoms with Crippen molar-refractivity contribution >= 4 is 11.9 Å². The highest BCUT2D eigenvalue weighted by molar-refractivity contribution is 5.79. The van der Waals surface area contributed by atoms with E-state index in [0.717, 1.165) is 50.7 Å². The molecule has 2 saturated heterocycles. The summed E-state index contributed by atoms with van der Waals surface area (Å²) in [5.41, 5.74) is 0.806. The maximum absolute atomic E-state index is 13.5.